The number of benzene rings is 1. The molecule has 3 aliphatic carbocycles. The summed E-state index contributed by atoms with van der Waals surface area (Å²) < 4.78 is 12.9. The summed E-state index contributed by atoms with van der Waals surface area (Å²) in [6.07, 6.45) is 8.62. The number of hydrogen-bond acceptors (Lipinski definition) is 1. The lowest BCUT2D eigenvalue weighted by Gasteiger charge is -2.32. The molecule has 0 saturated heterocycles. The van der Waals surface area contributed by atoms with Gasteiger partial charge in [-0.1, -0.05) is 12.2 Å². The van der Waals surface area contributed by atoms with Gasteiger partial charge in [-0.25, -0.2) is 4.39 Å². The van der Waals surface area contributed by atoms with Crippen LogP contribution in [0.4, 0.5) is 10.1 Å². The lowest BCUT2D eigenvalue weighted by molar-refractivity contribution is 0.246. The van der Waals surface area contributed by atoms with Gasteiger partial charge in [0.05, 0.1) is 0 Å². The van der Waals surface area contributed by atoms with Crippen LogP contribution in [0.5, 0.6) is 0 Å². The fourth-order valence-electron chi connectivity index (χ4n) is 4.58. The largest absolute Gasteiger partial charge is 0.359 e. The molecule has 5 atom stereocenters. The second-order valence-corrected chi connectivity index (χ2v) is 6.92. The van der Waals surface area contributed by atoms with Crippen molar-refractivity contribution in [3.63, 3.8) is 0 Å². The third-order valence-electron chi connectivity index (χ3n) is 5.43. The first-order valence-electron chi connectivity index (χ1n) is 7.70. The van der Waals surface area contributed by atoms with Gasteiger partial charge in [0.25, 0.3) is 0 Å². The molecule has 4 heteroatoms. The first-order chi connectivity index (χ1) is 10.2. The van der Waals surface area contributed by atoms with Gasteiger partial charge in [-0.15, -0.1) is 0 Å². The molecule has 0 heterocycles. The Bertz CT molecular complexity index is 583. The van der Waals surface area contributed by atoms with Gasteiger partial charge in [-0.3, -0.25) is 0 Å². The van der Waals surface area contributed by atoms with Gasteiger partial charge in [0.2, 0.25) is 0 Å². The first kappa shape index (κ1) is 13.3. The van der Waals surface area contributed by atoms with Gasteiger partial charge in [-0.2, -0.15) is 0 Å². The highest BCUT2D eigenvalue weighted by Crippen LogP contribution is 2.56. The molecule has 0 spiro atoms. The van der Waals surface area contributed by atoms with E-state index in [1.807, 2.05) is 0 Å². The summed E-state index contributed by atoms with van der Waals surface area (Å²) in [5.41, 5.74) is 0.829. The predicted molar refractivity (Wildman–Crippen MR) is 86.5 cm³/mol. The van der Waals surface area contributed by atoms with Crippen LogP contribution in [-0.4, -0.2) is 11.2 Å². The number of anilines is 1. The molecule has 0 aliphatic heterocycles. The number of halogens is 1. The van der Waals surface area contributed by atoms with Gasteiger partial charge >= 0.3 is 0 Å². The SMILES string of the molecule is Fc1ccc(NC(=S)N[C@H]2C[C@@H]3C[C@@H]2[C@@H]2C=CC[C@H]32)cc1. The maximum Gasteiger partial charge on any atom is 0.171 e. The summed E-state index contributed by atoms with van der Waals surface area (Å²) in [5, 5.41) is 7.28. The zero-order chi connectivity index (χ0) is 14.4. The summed E-state index contributed by atoms with van der Waals surface area (Å²) in [4.78, 5) is 0. The maximum atomic E-state index is 12.9. The number of nitrogens with one attached hydrogen (secondary N) is 2. The fraction of sp³-hybridized carbons (Fsp3) is 0.471. The second kappa shape index (κ2) is 5.09. The van der Waals surface area contributed by atoms with E-state index in [4.69, 9.17) is 12.2 Å². The maximum absolute atomic E-state index is 12.9. The minimum Gasteiger partial charge on any atom is -0.359 e. The van der Waals surface area contributed by atoms with Crippen molar-refractivity contribution in [2.75, 3.05) is 5.32 Å². The zero-order valence-electron chi connectivity index (χ0n) is 11.8. The summed E-state index contributed by atoms with van der Waals surface area (Å²) in [6.45, 7) is 0. The minimum atomic E-state index is -0.230. The molecular formula is C17H19FN2S. The smallest absolute Gasteiger partial charge is 0.171 e. The van der Waals surface area contributed by atoms with Crippen LogP contribution in [0.15, 0.2) is 36.4 Å². The molecule has 110 valence electrons. The monoisotopic (exact) mass is 302 g/mol. The average Bonchev–Trinajstić information content (AvgIpc) is 3.13. The van der Waals surface area contributed by atoms with Crippen LogP contribution in [0.2, 0.25) is 0 Å². The van der Waals surface area contributed by atoms with Gasteiger partial charge in [0.1, 0.15) is 5.82 Å². The molecule has 2 N–H and O–H groups in total. The van der Waals surface area contributed by atoms with Crippen molar-refractivity contribution < 1.29 is 4.39 Å². The number of allylic oxidation sites excluding steroid dienone is 2. The van der Waals surface area contributed by atoms with Crippen molar-refractivity contribution in [1.82, 2.24) is 5.32 Å². The van der Waals surface area contributed by atoms with Crippen LogP contribution in [0.1, 0.15) is 19.3 Å². The molecule has 2 saturated carbocycles. The molecule has 0 unspecified atom stereocenters. The Hall–Kier alpha value is -1.42. The number of fused-ring (bicyclic) bond motifs is 5. The topological polar surface area (TPSA) is 24.1 Å². The molecule has 2 nitrogen and oxygen atoms in total. The molecule has 0 aromatic heterocycles. The summed E-state index contributed by atoms with van der Waals surface area (Å²) >= 11 is 5.41. The van der Waals surface area contributed by atoms with Gasteiger partial charge in [0, 0.05) is 11.7 Å². The van der Waals surface area contributed by atoms with Crippen molar-refractivity contribution in [2.24, 2.45) is 23.7 Å². The minimum absolute atomic E-state index is 0.230. The van der Waals surface area contributed by atoms with Crippen molar-refractivity contribution in [1.29, 1.82) is 0 Å². The van der Waals surface area contributed by atoms with Gasteiger partial charge in [0.15, 0.2) is 5.11 Å². The number of rotatable bonds is 2. The molecule has 2 fully saturated rings. The van der Waals surface area contributed by atoms with Crippen LogP contribution in [0, 0.1) is 29.5 Å². The van der Waals surface area contributed by atoms with Gasteiger partial charge < -0.3 is 10.6 Å². The molecule has 0 radical (unpaired) electrons. The third kappa shape index (κ3) is 2.35. The second-order valence-electron chi connectivity index (χ2n) is 6.51. The van der Waals surface area contributed by atoms with E-state index in [0.717, 1.165) is 29.4 Å². The van der Waals surface area contributed by atoms with E-state index in [-0.39, 0.29) is 5.82 Å². The number of thiocarbonyl (C=S) groups is 1. The highest BCUT2D eigenvalue weighted by Gasteiger charge is 2.52. The molecule has 21 heavy (non-hydrogen) atoms. The Balaban J connectivity index is 1.37. The van der Waals surface area contributed by atoms with E-state index in [1.54, 1.807) is 12.1 Å². The average molecular weight is 302 g/mol. The summed E-state index contributed by atoms with van der Waals surface area (Å²) in [5.74, 6) is 3.01. The lowest BCUT2D eigenvalue weighted by Crippen LogP contribution is -2.44. The van der Waals surface area contributed by atoms with E-state index < -0.39 is 0 Å². The third-order valence-corrected chi connectivity index (χ3v) is 5.65. The molecule has 2 bridgehead atoms. The first-order valence-corrected chi connectivity index (χ1v) is 8.11. The molecule has 1 aromatic carbocycles. The Morgan fingerprint density at radius 2 is 1.95 bits per heavy atom. The molecule has 0 amide bonds. The molecule has 3 aliphatic rings. The normalized spacial score (nSPS) is 35.8. The highest BCUT2D eigenvalue weighted by molar-refractivity contribution is 7.80. The van der Waals surface area contributed by atoms with Crippen molar-refractivity contribution >= 4 is 23.0 Å². The van der Waals surface area contributed by atoms with E-state index in [1.165, 1.54) is 31.4 Å². The molecular weight excluding hydrogens is 283 g/mol. The Morgan fingerprint density at radius 1 is 1.14 bits per heavy atom. The lowest BCUT2D eigenvalue weighted by atomic mass is 9.79. The molecule has 1 aromatic rings. The van der Waals surface area contributed by atoms with Crippen LogP contribution in [0.25, 0.3) is 0 Å². The van der Waals surface area contributed by atoms with Crippen LogP contribution in [0.3, 0.4) is 0 Å². The van der Waals surface area contributed by atoms with E-state index >= 15 is 0 Å². The van der Waals surface area contributed by atoms with E-state index in [0.29, 0.717) is 11.2 Å². The fourth-order valence-corrected chi connectivity index (χ4v) is 4.85. The standard InChI is InChI=1S/C17H19FN2S/c18-11-4-6-12(7-5-11)19-17(21)20-16-9-10-8-15(16)14-3-1-2-13(10)14/h1,3-7,10,13-16H,2,8-9H2,(H2,19,20,21)/t10-,13+,14+,15+,16-/m0/s1. The van der Waals surface area contributed by atoms with Gasteiger partial charge in [-0.05, 0) is 79.4 Å². The van der Waals surface area contributed by atoms with E-state index in [2.05, 4.69) is 22.8 Å². The highest BCUT2D eigenvalue weighted by atomic mass is 32.1. The Labute approximate surface area is 129 Å². The summed E-state index contributed by atoms with van der Waals surface area (Å²) in [7, 11) is 0. The van der Waals surface area contributed by atoms with Crippen molar-refractivity contribution in [2.45, 2.75) is 25.3 Å². The quantitative estimate of drug-likeness (QED) is 0.643. The van der Waals surface area contributed by atoms with Crippen LogP contribution in [-0.2, 0) is 0 Å². The van der Waals surface area contributed by atoms with Crippen molar-refractivity contribution in [3.8, 4) is 0 Å². The number of hydrogen-bond donors (Lipinski definition) is 2. The van der Waals surface area contributed by atoms with Crippen molar-refractivity contribution in [3.05, 3.63) is 42.2 Å². The van der Waals surface area contributed by atoms with E-state index in [9.17, 15) is 4.39 Å². The van der Waals surface area contributed by atoms with Crippen LogP contribution >= 0.6 is 12.2 Å². The Kier molecular flexibility index (Phi) is 3.21. The molecule has 4 rings (SSSR count). The summed E-state index contributed by atoms with van der Waals surface area (Å²) in [6, 6.07) is 6.78. The Morgan fingerprint density at radius 3 is 2.76 bits per heavy atom. The zero-order valence-corrected chi connectivity index (χ0v) is 12.6. The van der Waals surface area contributed by atoms with Crippen LogP contribution < -0.4 is 10.6 Å². The predicted octanol–water partition coefficient (Wildman–Crippen LogP) is 3.71.